The highest BCUT2D eigenvalue weighted by molar-refractivity contribution is 5.90. The van der Waals surface area contributed by atoms with Crippen LogP contribution in [-0.4, -0.2) is 26.3 Å². The van der Waals surface area contributed by atoms with E-state index in [1.807, 2.05) is 6.07 Å². The van der Waals surface area contributed by atoms with E-state index in [1.165, 1.54) is 32.1 Å². The molecule has 4 bridgehead atoms. The molecule has 1 aromatic rings. The van der Waals surface area contributed by atoms with Crippen LogP contribution < -0.4 is 20.1 Å². The number of hydrogen-bond acceptors (Lipinski definition) is 3. The summed E-state index contributed by atoms with van der Waals surface area (Å²) in [7, 11) is 3.19. The Bertz CT molecular complexity index is 603. The van der Waals surface area contributed by atoms with Crippen molar-refractivity contribution in [1.82, 2.24) is 5.32 Å². The van der Waals surface area contributed by atoms with Crippen molar-refractivity contribution in [1.29, 1.82) is 0 Å². The van der Waals surface area contributed by atoms with E-state index in [9.17, 15) is 4.79 Å². The van der Waals surface area contributed by atoms with Gasteiger partial charge in [0.15, 0.2) is 11.5 Å². The van der Waals surface area contributed by atoms with Crippen molar-refractivity contribution in [3.05, 3.63) is 18.2 Å². The van der Waals surface area contributed by atoms with Gasteiger partial charge in [-0.2, -0.15) is 0 Å². The van der Waals surface area contributed by atoms with Gasteiger partial charge < -0.3 is 20.1 Å². The lowest BCUT2D eigenvalue weighted by molar-refractivity contribution is -0.00883. The van der Waals surface area contributed by atoms with E-state index in [0.717, 1.165) is 11.8 Å². The van der Waals surface area contributed by atoms with E-state index in [-0.39, 0.29) is 6.03 Å². The molecular weight excluding hydrogens is 304 g/mol. The maximum atomic E-state index is 12.5. The van der Waals surface area contributed by atoms with Gasteiger partial charge in [-0.1, -0.05) is 0 Å². The van der Waals surface area contributed by atoms with Crippen LogP contribution >= 0.6 is 0 Å². The smallest absolute Gasteiger partial charge is 0.319 e. The molecule has 4 aliphatic rings. The molecule has 24 heavy (non-hydrogen) atoms. The van der Waals surface area contributed by atoms with Gasteiger partial charge in [-0.05, 0) is 67.9 Å². The summed E-state index contributed by atoms with van der Waals surface area (Å²) >= 11 is 0. The third kappa shape index (κ3) is 2.80. The van der Waals surface area contributed by atoms with Gasteiger partial charge in [-0.15, -0.1) is 0 Å². The van der Waals surface area contributed by atoms with Crippen molar-refractivity contribution in [2.45, 2.75) is 38.1 Å². The van der Waals surface area contributed by atoms with Crippen molar-refractivity contribution < 1.29 is 14.3 Å². The second-order valence-electron chi connectivity index (χ2n) is 7.62. The lowest BCUT2D eigenvalue weighted by atomic mass is 9.54. The standard InChI is InChI=1S/C19H26N2O3/c1-23-16-4-3-15(10-17(16)24-2)20-19(22)21-18-13-6-11-5-12(8-13)9-14(18)7-11/h3-4,10-14,18H,5-9H2,1-2H3,(H2,20,21,22). The number of rotatable bonds is 4. The molecule has 5 nitrogen and oxygen atoms in total. The number of carbonyl (C=O) groups excluding carboxylic acids is 1. The maximum absolute atomic E-state index is 12.5. The van der Waals surface area contributed by atoms with Crippen molar-refractivity contribution in [2.75, 3.05) is 19.5 Å². The van der Waals surface area contributed by atoms with Gasteiger partial charge in [-0.25, -0.2) is 4.79 Å². The molecule has 5 heteroatoms. The van der Waals surface area contributed by atoms with Gasteiger partial charge in [0, 0.05) is 17.8 Å². The van der Waals surface area contributed by atoms with Gasteiger partial charge in [-0.3, -0.25) is 0 Å². The molecule has 0 radical (unpaired) electrons. The van der Waals surface area contributed by atoms with Crippen LogP contribution in [0.25, 0.3) is 0 Å². The number of amides is 2. The van der Waals surface area contributed by atoms with Crippen LogP contribution in [0, 0.1) is 23.7 Å². The molecule has 2 amide bonds. The molecule has 4 aliphatic carbocycles. The average molecular weight is 330 g/mol. The van der Waals surface area contributed by atoms with Gasteiger partial charge in [0.25, 0.3) is 0 Å². The normalized spacial score (nSPS) is 33.2. The molecule has 0 unspecified atom stereocenters. The fraction of sp³-hybridized carbons (Fsp3) is 0.632. The molecule has 4 fully saturated rings. The van der Waals surface area contributed by atoms with Crippen LogP contribution in [-0.2, 0) is 0 Å². The first kappa shape index (κ1) is 15.6. The summed E-state index contributed by atoms with van der Waals surface area (Å²) in [6.45, 7) is 0. The van der Waals surface area contributed by atoms with Crippen LogP contribution in [0.1, 0.15) is 32.1 Å². The minimum absolute atomic E-state index is 0.111. The van der Waals surface area contributed by atoms with E-state index in [1.54, 1.807) is 26.4 Å². The van der Waals surface area contributed by atoms with E-state index in [0.29, 0.717) is 35.1 Å². The number of urea groups is 1. The molecule has 4 saturated carbocycles. The molecule has 0 atom stereocenters. The zero-order valence-electron chi connectivity index (χ0n) is 14.4. The number of ether oxygens (including phenoxy) is 2. The number of benzene rings is 1. The molecule has 0 spiro atoms. The Balaban J connectivity index is 1.40. The summed E-state index contributed by atoms with van der Waals surface area (Å²) in [6.07, 6.45) is 6.63. The van der Waals surface area contributed by atoms with Crippen LogP contribution in [0.3, 0.4) is 0 Å². The van der Waals surface area contributed by atoms with Crippen LogP contribution in [0.15, 0.2) is 18.2 Å². The molecule has 130 valence electrons. The zero-order chi connectivity index (χ0) is 16.7. The summed E-state index contributed by atoms with van der Waals surface area (Å²) < 4.78 is 10.5. The monoisotopic (exact) mass is 330 g/mol. The number of carbonyl (C=O) groups is 1. The van der Waals surface area contributed by atoms with E-state index in [2.05, 4.69) is 10.6 Å². The van der Waals surface area contributed by atoms with Crippen molar-refractivity contribution >= 4 is 11.7 Å². The summed E-state index contributed by atoms with van der Waals surface area (Å²) in [5.74, 6) is 4.46. The van der Waals surface area contributed by atoms with E-state index >= 15 is 0 Å². The number of hydrogen-bond donors (Lipinski definition) is 2. The number of nitrogens with one attached hydrogen (secondary N) is 2. The van der Waals surface area contributed by atoms with Crippen LogP contribution in [0.2, 0.25) is 0 Å². The Labute approximate surface area is 143 Å². The van der Waals surface area contributed by atoms with Crippen molar-refractivity contribution in [3.63, 3.8) is 0 Å². The first-order chi connectivity index (χ1) is 11.7. The largest absolute Gasteiger partial charge is 0.493 e. The average Bonchev–Trinajstić information content (AvgIpc) is 2.57. The predicted molar refractivity (Wildman–Crippen MR) is 92.5 cm³/mol. The summed E-state index contributed by atoms with van der Waals surface area (Å²) in [6, 6.07) is 5.65. The van der Waals surface area contributed by atoms with Gasteiger partial charge in [0.05, 0.1) is 14.2 Å². The lowest BCUT2D eigenvalue weighted by Crippen LogP contribution is -2.56. The SMILES string of the molecule is COc1ccc(NC(=O)NC2C3CC4CC(C3)CC2C4)cc1OC. The Morgan fingerprint density at radius 2 is 1.58 bits per heavy atom. The highest BCUT2D eigenvalue weighted by Gasteiger charge is 2.48. The zero-order valence-corrected chi connectivity index (χ0v) is 14.4. The summed E-state index contributed by atoms with van der Waals surface area (Å²) in [5, 5.41) is 6.20. The highest BCUT2D eigenvalue weighted by atomic mass is 16.5. The quantitative estimate of drug-likeness (QED) is 0.886. The second-order valence-corrected chi connectivity index (χ2v) is 7.62. The molecule has 5 rings (SSSR count). The minimum Gasteiger partial charge on any atom is -0.493 e. The molecule has 0 aromatic heterocycles. The summed E-state index contributed by atoms with van der Waals surface area (Å²) in [4.78, 5) is 12.5. The Morgan fingerprint density at radius 3 is 2.17 bits per heavy atom. The lowest BCUT2D eigenvalue weighted by Gasteiger charge is -2.54. The fourth-order valence-corrected chi connectivity index (χ4v) is 5.39. The van der Waals surface area contributed by atoms with Gasteiger partial charge in [0.2, 0.25) is 0 Å². The molecule has 0 saturated heterocycles. The Hall–Kier alpha value is -1.91. The first-order valence-corrected chi connectivity index (χ1v) is 8.95. The first-order valence-electron chi connectivity index (χ1n) is 8.95. The highest BCUT2D eigenvalue weighted by Crippen LogP contribution is 2.53. The second kappa shape index (κ2) is 6.19. The fourth-order valence-electron chi connectivity index (χ4n) is 5.39. The molecule has 0 heterocycles. The van der Waals surface area contributed by atoms with E-state index in [4.69, 9.17) is 9.47 Å². The minimum atomic E-state index is -0.111. The molecular formula is C19H26N2O3. The topological polar surface area (TPSA) is 59.6 Å². The van der Waals surface area contributed by atoms with Crippen molar-refractivity contribution in [2.24, 2.45) is 23.7 Å². The molecule has 0 aliphatic heterocycles. The summed E-state index contributed by atoms with van der Waals surface area (Å²) in [5.41, 5.74) is 0.717. The predicted octanol–water partition coefficient (Wildman–Crippen LogP) is 3.65. The Morgan fingerprint density at radius 1 is 0.958 bits per heavy atom. The Kier molecular flexibility index (Phi) is 4.02. The third-order valence-electron chi connectivity index (χ3n) is 6.17. The van der Waals surface area contributed by atoms with Crippen LogP contribution in [0.5, 0.6) is 11.5 Å². The van der Waals surface area contributed by atoms with E-state index < -0.39 is 0 Å². The maximum Gasteiger partial charge on any atom is 0.319 e. The molecule has 2 N–H and O–H groups in total. The van der Waals surface area contributed by atoms with Crippen molar-refractivity contribution in [3.8, 4) is 11.5 Å². The van der Waals surface area contributed by atoms with Gasteiger partial charge >= 0.3 is 6.03 Å². The molecule has 1 aromatic carbocycles. The number of anilines is 1. The van der Waals surface area contributed by atoms with Crippen LogP contribution in [0.4, 0.5) is 10.5 Å². The third-order valence-corrected chi connectivity index (χ3v) is 6.17. The van der Waals surface area contributed by atoms with Gasteiger partial charge in [0.1, 0.15) is 0 Å². The number of methoxy groups -OCH3 is 2.